The Morgan fingerprint density at radius 1 is 1.29 bits per heavy atom. The van der Waals surface area contributed by atoms with Crippen LogP contribution in [-0.2, 0) is 0 Å². The molecule has 0 fully saturated rings. The second-order valence-electron chi connectivity index (χ2n) is 2.46. The molecule has 0 saturated carbocycles. The molecule has 1 aromatic carbocycles. The zero-order valence-corrected chi connectivity index (χ0v) is 8.46. The predicted octanol–water partition coefficient (Wildman–Crippen LogP) is 2.06. The summed E-state index contributed by atoms with van der Waals surface area (Å²) in [7, 11) is 2.80. The van der Waals surface area contributed by atoms with Crippen molar-refractivity contribution in [3.05, 3.63) is 22.7 Å². The van der Waals surface area contributed by atoms with Crippen molar-refractivity contribution in [2.75, 3.05) is 14.2 Å². The van der Waals surface area contributed by atoms with Crippen molar-refractivity contribution < 1.29 is 19.4 Å². The van der Waals surface area contributed by atoms with Crippen LogP contribution in [0, 0.1) is 0 Å². The van der Waals surface area contributed by atoms with Crippen LogP contribution in [0.2, 0.25) is 5.02 Å². The van der Waals surface area contributed by atoms with Crippen LogP contribution in [0.5, 0.6) is 11.5 Å². The van der Waals surface area contributed by atoms with E-state index in [-0.39, 0.29) is 16.3 Å². The molecule has 0 bridgehead atoms. The quantitative estimate of drug-likeness (QED) is 0.840. The van der Waals surface area contributed by atoms with Gasteiger partial charge in [-0.05, 0) is 12.1 Å². The van der Waals surface area contributed by atoms with Crippen molar-refractivity contribution in [2.45, 2.75) is 0 Å². The molecule has 5 heteroatoms. The van der Waals surface area contributed by atoms with Crippen LogP contribution in [0.15, 0.2) is 12.1 Å². The predicted molar refractivity (Wildman–Crippen MR) is 51.5 cm³/mol. The molecule has 0 aliphatic heterocycles. The van der Waals surface area contributed by atoms with Gasteiger partial charge in [0.15, 0.2) is 0 Å². The van der Waals surface area contributed by atoms with Gasteiger partial charge in [0.2, 0.25) is 0 Å². The molecule has 0 amide bonds. The smallest absolute Gasteiger partial charge is 0.341 e. The Morgan fingerprint density at radius 3 is 2.21 bits per heavy atom. The summed E-state index contributed by atoms with van der Waals surface area (Å²) < 4.78 is 9.75. The van der Waals surface area contributed by atoms with E-state index in [0.29, 0.717) is 5.75 Å². The first-order chi connectivity index (χ1) is 6.61. The van der Waals surface area contributed by atoms with Gasteiger partial charge in [0.1, 0.15) is 22.1 Å². The van der Waals surface area contributed by atoms with Gasteiger partial charge in [-0.15, -0.1) is 0 Å². The zero-order valence-electron chi connectivity index (χ0n) is 7.70. The van der Waals surface area contributed by atoms with Gasteiger partial charge in [0.25, 0.3) is 0 Å². The summed E-state index contributed by atoms with van der Waals surface area (Å²) in [5.41, 5.74) is -0.0893. The Balaban J connectivity index is 3.39. The number of hydrogen-bond acceptors (Lipinski definition) is 3. The largest absolute Gasteiger partial charge is 0.496 e. The van der Waals surface area contributed by atoms with Crippen LogP contribution in [0.1, 0.15) is 10.4 Å². The molecule has 0 aromatic heterocycles. The Bertz CT molecular complexity index is 362. The maximum Gasteiger partial charge on any atom is 0.341 e. The fourth-order valence-electron chi connectivity index (χ4n) is 1.07. The fraction of sp³-hybridized carbons (Fsp3) is 0.222. The highest BCUT2D eigenvalue weighted by Gasteiger charge is 2.18. The van der Waals surface area contributed by atoms with Crippen molar-refractivity contribution in [3.8, 4) is 11.5 Å². The molecule has 1 aromatic rings. The van der Waals surface area contributed by atoms with E-state index >= 15 is 0 Å². The minimum atomic E-state index is -1.15. The Labute approximate surface area is 86.0 Å². The molecule has 0 unspecified atom stereocenters. The second-order valence-corrected chi connectivity index (χ2v) is 2.84. The number of carboxylic acid groups (broad SMARTS) is 1. The van der Waals surface area contributed by atoms with E-state index in [4.69, 9.17) is 26.2 Å². The Kier molecular flexibility index (Phi) is 3.19. The van der Waals surface area contributed by atoms with Crippen molar-refractivity contribution >= 4 is 17.6 Å². The van der Waals surface area contributed by atoms with Gasteiger partial charge >= 0.3 is 5.97 Å². The molecule has 0 heterocycles. The summed E-state index contributed by atoms with van der Waals surface area (Å²) in [6.07, 6.45) is 0. The van der Waals surface area contributed by atoms with Crippen molar-refractivity contribution in [2.24, 2.45) is 0 Å². The average molecular weight is 217 g/mol. The number of carbonyl (C=O) groups is 1. The van der Waals surface area contributed by atoms with E-state index in [9.17, 15) is 4.79 Å². The number of methoxy groups -OCH3 is 2. The summed E-state index contributed by atoms with van der Waals surface area (Å²) in [4.78, 5) is 10.8. The second kappa shape index (κ2) is 4.19. The van der Waals surface area contributed by atoms with Crippen molar-refractivity contribution in [3.63, 3.8) is 0 Å². The number of benzene rings is 1. The standard InChI is InChI=1S/C9H9ClO4/c1-13-5-3-4-6(14-2)8(10)7(5)9(11)12/h3-4H,1-2H3,(H,11,12). The number of aromatic carboxylic acids is 1. The molecular weight excluding hydrogens is 208 g/mol. The van der Waals surface area contributed by atoms with E-state index in [1.807, 2.05) is 0 Å². The van der Waals surface area contributed by atoms with Gasteiger partial charge in [-0.3, -0.25) is 0 Å². The zero-order chi connectivity index (χ0) is 10.7. The van der Waals surface area contributed by atoms with E-state index in [2.05, 4.69) is 0 Å². The van der Waals surface area contributed by atoms with E-state index < -0.39 is 5.97 Å². The highest BCUT2D eigenvalue weighted by Crippen LogP contribution is 2.34. The third-order valence-corrected chi connectivity index (χ3v) is 2.10. The van der Waals surface area contributed by atoms with Crippen LogP contribution >= 0.6 is 11.6 Å². The number of carboxylic acids is 1. The number of halogens is 1. The summed E-state index contributed by atoms with van der Waals surface area (Å²) in [5, 5.41) is 8.92. The molecule has 1 N–H and O–H groups in total. The normalized spacial score (nSPS) is 9.64. The lowest BCUT2D eigenvalue weighted by molar-refractivity contribution is 0.0693. The summed E-state index contributed by atoms with van der Waals surface area (Å²) >= 11 is 5.80. The van der Waals surface area contributed by atoms with E-state index in [0.717, 1.165) is 0 Å². The molecule has 0 atom stereocenters. The molecule has 4 nitrogen and oxygen atoms in total. The van der Waals surface area contributed by atoms with Gasteiger partial charge < -0.3 is 14.6 Å². The first-order valence-electron chi connectivity index (χ1n) is 3.75. The first-order valence-corrected chi connectivity index (χ1v) is 4.13. The maximum absolute atomic E-state index is 10.8. The van der Waals surface area contributed by atoms with Gasteiger partial charge in [-0.2, -0.15) is 0 Å². The Hall–Kier alpha value is -1.42. The van der Waals surface area contributed by atoms with Gasteiger partial charge in [0, 0.05) is 0 Å². The third kappa shape index (κ3) is 1.75. The van der Waals surface area contributed by atoms with Crippen LogP contribution in [0.4, 0.5) is 0 Å². The highest BCUT2D eigenvalue weighted by atomic mass is 35.5. The van der Waals surface area contributed by atoms with Gasteiger partial charge in [-0.1, -0.05) is 11.6 Å². The Morgan fingerprint density at radius 2 is 1.79 bits per heavy atom. The maximum atomic E-state index is 10.8. The lowest BCUT2D eigenvalue weighted by atomic mass is 10.2. The molecule has 1 rings (SSSR count). The molecule has 0 spiro atoms. The van der Waals surface area contributed by atoms with Crippen LogP contribution in [-0.4, -0.2) is 25.3 Å². The molecular formula is C9H9ClO4. The molecule has 0 aliphatic rings. The van der Waals surface area contributed by atoms with E-state index in [1.54, 1.807) is 6.07 Å². The van der Waals surface area contributed by atoms with Crippen molar-refractivity contribution in [1.82, 2.24) is 0 Å². The highest BCUT2D eigenvalue weighted by molar-refractivity contribution is 6.35. The molecule has 14 heavy (non-hydrogen) atoms. The minimum absolute atomic E-state index is 0.0411. The summed E-state index contributed by atoms with van der Waals surface area (Å²) in [6.45, 7) is 0. The van der Waals surface area contributed by atoms with Crippen LogP contribution in [0.25, 0.3) is 0 Å². The number of rotatable bonds is 3. The van der Waals surface area contributed by atoms with Crippen molar-refractivity contribution in [1.29, 1.82) is 0 Å². The minimum Gasteiger partial charge on any atom is -0.496 e. The number of hydrogen-bond donors (Lipinski definition) is 1. The third-order valence-electron chi connectivity index (χ3n) is 1.72. The van der Waals surface area contributed by atoms with E-state index in [1.165, 1.54) is 20.3 Å². The lowest BCUT2D eigenvalue weighted by Gasteiger charge is -2.09. The van der Waals surface area contributed by atoms with Crippen LogP contribution in [0.3, 0.4) is 0 Å². The summed E-state index contributed by atoms with van der Waals surface area (Å²) in [5.74, 6) is -0.626. The van der Waals surface area contributed by atoms with Gasteiger partial charge in [0.05, 0.1) is 14.2 Å². The molecule has 76 valence electrons. The molecule has 0 saturated heterocycles. The topological polar surface area (TPSA) is 55.8 Å². The SMILES string of the molecule is COc1ccc(OC)c(C(=O)O)c1Cl. The average Bonchev–Trinajstić information content (AvgIpc) is 2.16. The molecule has 0 radical (unpaired) electrons. The summed E-state index contributed by atoms with van der Waals surface area (Å²) in [6, 6.07) is 3.04. The monoisotopic (exact) mass is 216 g/mol. The lowest BCUT2D eigenvalue weighted by Crippen LogP contribution is -2.02. The first kappa shape index (κ1) is 10.7. The fourth-order valence-corrected chi connectivity index (χ4v) is 1.38. The van der Waals surface area contributed by atoms with Gasteiger partial charge in [-0.25, -0.2) is 4.79 Å². The van der Waals surface area contributed by atoms with Crippen LogP contribution < -0.4 is 9.47 Å². The molecule has 0 aliphatic carbocycles. The number of ether oxygens (including phenoxy) is 2.